The van der Waals surface area contributed by atoms with Gasteiger partial charge in [0.2, 0.25) is 0 Å². The van der Waals surface area contributed by atoms with Crippen molar-refractivity contribution in [2.24, 2.45) is 0 Å². The summed E-state index contributed by atoms with van der Waals surface area (Å²) in [6, 6.07) is 12.6. The molecule has 25 heavy (non-hydrogen) atoms. The van der Waals surface area contributed by atoms with Gasteiger partial charge in [-0.1, -0.05) is 18.2 Å². The predicted molar refractivity (Wildman–Crippen MR) is 101 cm³/mol. The van der Waals surface area contributed by atoms with E-state index < -0.39 is 0 Å². The van der Waals surface area contributed by atoms with E-state index >= 15 is 0 Å². The highest BCUT2D eigenvalue weighted by atomic mass is 16.5. The van der Waals surface area contributed by atoms with Crippen LogP contribution in [-0.4, -0.2) is 27.9 Å². The Morgan fingerprint density at radius 1 is 1.04 bits per heavy atom. The highest BCUT2D eigenvalue weighted by Gasteiger charge is 2.29. The van der Waals surface area contributed by atoms with E-state index in [1.807, 2.05) is 24.3 Å². The molecule has 1 heterocycles. The third kappa shape index (κ3) is 3.16. The molecule has 1 aliphatic rings. The maximum atomic E-state index is 5.58. The Morgan fingerprint density at radius 2 is 1.72 bits per heavy atom. The molecule has 3 rings (SSSR count). The van der Waals surface area contributed by atoms with Crippen molar-refractivity contribution in [3.63, 3.8) is 0 Å². The van der Waals surface area contributed by atoms with Gasteiger partial charge in [-0.2, -0.15) is 0 Å². The normalized spacial score (nSPS) is 16.1. The number of hydrogen-bond donors (Lipinski definition) is 0. The predicted octanol–water partition coefficient (Wildman–Crippen LogP) is 4.39. The molecule has 1 atom stereocenters. The zero-order chi connectivity index (χ0) is 17.8. The number of nitrogens with zero attached hydrogens (tertiary/aromatic N) is 1. The molecule has 0 fully saturated rings. The smallest absolute Gasteiger partial charge is 0.161 e. The van der Waals surface area contributed by atoms with Crippen LogP contribution < -0.4 is 19.1 Å². The number of benzene rings is 2. The second kappa shape index (κ2) is 7.51. The van der Waals surface area contributed by atoms with E-state index in [0.717, 1.165) is 42.3 Å². The molecule has 0 N–H and O–H groups in total. The molecule has 0 spiro atoms. The lowest BCUT2D eigenvalue weighted by Crippen LogP contribution is -2.35. The first kappa shape index (κ1) is 17.2. The van der Waals surface area contributed by atoms with Crippen molar-refractivity contribution in [2.45, 2.75) is 18.9 Å². The average Bonchev–Trinajstić information content (AvgIpc) is 2.67. The molecule has 1 unspecified atom stereocenters. The molecule has 0 bridgehead atoms. The number of fused-ring (bicyclic) bond motifs is 1. The maximum absolute atomic E-state index is 5.58. The highest BCUT2D eigenvalue weighted by Crippen LogP contribution is 2.43. The Balaban J connectivity index is 2.09. The summed E-state index contributed by atoms with van der Waals surface area (Å²) in [6.45, 7) is 4.88. The molecule has 0 saturated carbocycles. The third-order valence-electron chi connectivity index (χ3n) is 4.79. The van der Waals surface area contributed by atoms with Gasteiger partial charge in [-0.25, -0.2) is 0 Å². The summed E-state index contributed by atoms with van der Waals surface area (Å²) in [6.07, 6.45) is 3.76. The SMILES string of the molecule is C=CCC1c2cc(OC)c(OC)cc2CCN1c1ccccc1OC. The minimum Gasteiger partial charge on any atom is -0.495 e. The summed E-state index contributed by atoms with van der Waals surface area (Å²) in [4.78, 5) is 2.40. The molecule has 132 valence electrons. The van der Waals surface area contributed by atoms with Crippen LogP contribution in [0.3, 0.4) is 0 Å². The molecule has 0 aliphatic carbocycles. The fourth-order valence-corrected chi connectivity index (χ4v) is 3.60. The zero-order valence-corrected chi connectivity index (χ0v) is 15.1. The third-order valence-corrected chi connectivity index (χ3v) is 4.79. The van der Waals surface area contributed by atoms with E-state index in [-0.39, 0.29) is 6.04 Å². The highest BCUT2D eigenvalue weighted by molar-refractivity contribution is 5.62. The van der Waals surface area contributed by atoms with Gasteiger partial charge in [0.15, 0.2) is 11.5 Å². The molecule has 2 aromatic rings. The van der Waals surface area contributed by atoms with Crippen molar-refractivity contribution in [3.8, 4) is 17.2 Å². The molecule has 0 radical (unpaired) electrons. The fourth-order valence-electron chi connectivity index (χ4n) is 3.60. The number of anilines is 1. The first-order valence-corrected chi connectivity index (χ1v) is 8.48. The molecule has 1 aliphatic heterocycles. The van der Waals surface area contributed by atoms with Crippen molar-refractivity contribution < 1.29 is 14.2 Å². The van der Waals surface area contributed by atoms with Gasteiger partial charge in [0.25, 0.3) is 0 Å². The molecule has 4 heteroatoms. The second-order valence-electron chi connectivity index (χ2n) is 6.06. The van der Waals surface area contributed by atoms with Gasteiger partial charge in [0.05, 0.1) is 33.1 Å². The van der Waals surface area contributed by atoms with Gasteiger partial charge in [-0.15, -0.1) is 6.58 Å². The zero-order valence-electron chi connectivity index (χ0n) is 15.1. The van der Waals surface area contributed by atoms with Crippen LogP contribution in [0.4, 0.5) is 5.69 Å². The van der Waals surface area contributed by atoms with E-state index in [1.165, 1.54) is 11.1 Å². The molecule has 2 aromatic carbocycles. The van der Waals surface area contributed by atoms with Gasteiger partial charge in [-0.05, 0) is 48.2 Å². The molecule has 0 saturated heterocycles. The van der Waals surface area contributed by atoms with Crippen molar-refractivity contribution in [1.82, 2.24) is 0 Å². The Hall–Kier alpha value is -2.62. The summed E-state index contributed by atoms with van der Waals surface area (Å²) in [5.74, 6) is 2.43. The molecule has 0 aromatic heterocycles. The Kier molecular flexibility index (Phi) is 5.17. The molecule has 0 amide bonds. The number of ether oxygens (including phenoxy) is 3. The average molecular weight is 339 g/mol. The summed E-state index contributed by atoms with van der Waals surface area (Å²) in [7, 11) is 5.07. The van der Waals surface area contributed by atoms with Crippen LogP contribution in [-0.2, 0) is 6.42 Å². The van der Waals surface area contributed by atoms with E-state index in [0.29, 0.717) is 0 Å². The summed E-state index contributed by atoms with van der Waals surface area (Å²) >= 11 is 0. The van der Waals surface area contributed by atoms with E-state index in [2.05, 4.69) is 29.7 Å². The van der Waals surface area contributed by atoms with Gasteiger partial charge in [0, 0.05) is 6.54 Å². The van der Waals surface area contributed by atoms with Crippen LogP contribution in [0.5, 0.6) is 17.2 Å². The number of methoxy groups -OCH3 is 3. The van der Waals surface area contributed by atoms with E-state index in [4.69, 9.17) is 14.2 Å². The molecular weight excluding hydrogens is 314 g/mol. The quantitative estimate of drug-likeness (QED) is 0.730. The number of hydrogen-bond acceptors (Lipinski definition) is 4. The minimum absolute atomic E-state index is 0.192. The van der Waals surface area contributed by atoms with Crippen molar-refractivity contribution >= 4 is 5.69 Å². The van der Waals surface area contributed by atoms with E-state index in [9.17, 15) is 0 Å². The first-order valence-electron chi connectivity index (χ1n) is 8.48. The van der Waals surface area contributed by atoms with Crippen molar-refractivity contribution in [3.05, 3.63) is 60.2 Å². The lowest BCUT2D eigenvalue weighted by atomic mass is 9.89. The van der Waals surface area contributed by atoms with E-state index in [1.54, 1.807) is 21.3 Å². The Morgan fingerprint density at radius 3 is 2.40 bits per heavy atom. The summed E-state index contributed by atoms with van der Waals surface area (Å²) < 4.78 is 16.6. The minimum atomic E-state index is 0.192. The second-order valence-corrected chi connectivity index (χ2v) is 6.06. The monoisotopic (exact) mass is 339 g/mol. The fraction of sp³-hybridized carbons (Fsp3) is 0.333. The van der Waals surface area contributed by atoms with Crippen LogP contribution in [0.1, 0.15) is 23.6 Å². The molecule has 4 nitrogen and oxygen atoms in total. The van der Waals surface area contributed by atoms with Crippen LogP contribution in [0, 0.1) is 0 Å². The standard InChI is InChI=1S/C21H25NO3/c1-5-8-17-16-14-21(25-4)20(24-3)13-15(16)11-12-22(17)18-9-6-7-10-19(18)23-2/h5-7,9-10,13-14,17H,1,8,11-12H2,2-4H3. The van der Waals surface area contributed by atoms with Crippen molar-refractivity contribution in [2.75, 3.05) is 32.8 Å². The van der Waals surface area contributed by atoms with Crippen LogP contribution >= 0.6 is 0 Å². The lowest BCUT2D eigenvalue weighted by molar-refractivity contribution is 0.353. The maximum Gasteiger partial charge on any atom is 0.161 e. The van der Waals surface area contributed by atoms with Crippen LogP contribution in [0.15, 0.2) is 49.1 Å². The number of para-hydroxylation sites is 2. The largest absolute Gasteiger partial charge is 0.495 e. The number of rotatable bonds is 6. The molecular formula is C21H25NO3. The van der Waals surface area contributed by atoms with Gasteiger partial charge in [-0.3, -0.25) is 0 Å². The lowest BCUT2D eigenvalue weighted by Gasteiger charge is -2.39. The van der Waals surface area contributed by atoms with Gasteiger partial charge < -0.3 is 19.1 Å². The van der Waals surface area contributed by atoms with Gasteiger partial charge >= 0.3 is 0 Å². The first-order chi connectivity index (χ1) is 12.2. The van der Waals surface area contributed by atoms with Crippen molar-refractivity contribution in [1.29, 1.82) is 0 Å². The Labute approximate surface area is 149 Å². The topological polar surface area (TPSA) is 30.9 Å². The van der Waals surface area contributed by atoms with Crippen LogP contribution in [0.25, 0.3) is 0 Å². The Bertz CT molecular complexity index is 757. The summed E-state index contributed by atoms with van der Waals surface area (Å²) in [5, 5.41) is 0. The summed E-state index contributed by atoms with van der Waals surface area (Å²) in [5.41, 5.74) is 3.67. The van der Waals surface area contributed by atoms with Crippen LogP contribution in [0.2, 0.25) is 0 Å². The van der Waals surface area contributed by atoms with Gasteiger partial charge in [0.1, 0.15) is 5.75 Å².